The van der Waals surface area contributed by atoms with Crippen LogP contribution in [0.25, 0.3) is 0 Å². The average Bonchev–Trinajstić information content (AvgIpc) is 2.78. The molecule has 0 amide bonds. The molecule has 0 aromatic carbocycles. The summed E-state index contributed by atoms with van der Waals surface area (Å²) < 4.78 is 5.01. The van der Waals surface area contributed by atoms with E-state index < -0.39 is 0 Å². The summed E-state index contributed by atoms with van der Waals surface area (Å²) in [4.78, 5) is 2.47. The summed E-state index contributed by atoms with van der Waals surface area (Å²) in [6.45, 7) is 4.69. The zero-order valence-electron chi connectivity index (χ0n) is 10.9. The zero-order valence-corrected chi connectivity index (χ0v) is 10.9. The lowest BCUT2D eigenvalue weighted by Crippen LogP contribution is -2.46. The van der Waals surface area contributed by atoms with Crippen LogP contribution >= 0.6 is 0 Å². The fourth-order valence-electron chi connectivity index (χ4n) is 3.34. The van der Waals surface area contributed by atoms with Crippen LogP contribution in [0.5, 0.6) is 0 Å². The van der Waals surface area contributed by atoms with Gasteiger partial charge in [0.05, 0.1) is 12.7 Å². The van der Waals surface area contributed by atoms with Crippen molar-refractivity contribution in [2.45, 2.75) is 37.8 Å². The van der Waals surface area contributed by atoms with Gasteiger partial charge in [0.1, 0.15) is 0 Å². The second kappa shape index (κ2) is 6.69. The van der Waals surface area contributed by atoms with Gasteiger partial charge in [0, 0.05) is 19.7 Å². The normalized spacial score (nSPS) is 32.8. The van der Waals surface area contributed by atoms with E-state index in [4.69, 9.17) is 4.74 Å². The molecule has 2 heterocycles. The predicted octanol–water partition coefficient (Wildman–Crippen LogP) is 0.458. The number of methoxy groups -OCH3 is 1. The van der Waals surface area contributed by atoms with E-state index in [9.17, 15) is 5.11 Å². The molecule has 100 valence electrons. The molecule has 2 N–H and O–H groups in total. The van der Waals surface area contributed by atoms with Crippen LogP contribution in [0.4, 0.5) is 0 Å². The molecule has 3 unspecified atom stereocenters. The molecule has 0 aromatic rings. The number of piperidine rings is 1. The van der Waals surface area contributed by atoms with E-state index in [1.54, 1.807) is 7.11 Å². The van der Waals surface area contributed by atoms with E-state index in [0.29, 0.717) is 12.6 Å². The van der Waals surface area contributed by atoms with Crippen LogP contribution in [0.2, 0.25) is 0 Å². The first-order chi connectivity index (χ1) is 8.31. The molecule has 0 bridgehead atoms. The Balaban J connectivity index is 1.83. The number of nitrogens with one attached hydrogen (secondary N) is 1. The fourth-order valence-corrected chi connectivity index (χ4v) is 3.34. The van der Waals surface area contributed by atoms with Crippen LogP contribution in [0.1, 0.15) is 25.7 Å². The van der Waals surface area contributed by atoms with Gasteiger partial charge in [-0.2, -0.15) is 0 Å². The van der Waals surface area contributed by atoms with Crippen molar-refractivity contribution in [1.29, 1.82) is 0 Å². The third kappa shape index (κ3) is 3.65. The van der Waals surface area contributed by atoms with Crippen molar-refractivity contribution in [1.82, 2.24) is 10.2 Å². The monoisotopic (exact) mass is 242 g/mol. The molecular weight excluding hydrogens is 216 g/mol. The van der Waals surface area contributed by atoms with Gasteiger partial charge >= 0.3 is 0 Å². The Labute approximate surface area is 104 Å². The molecule has 2 saturated heterocycles. The van der Waals surface area contributed by atoms with Crippen LogP contribution in [-0.2, 0) is 4.74 Å². The number of nitrogens with zero attached hydrogens (tertiary/aromatic N) is 1. The summed E-state index contributed by atoms with van der Waals surface area (Å²) in [7, 11) is 1.65. The maximum absolute atomic E-state index is 9.84. The first kappa shape index (κ1) is 13.3. The highest BCUT2D eigenvalue weighted by Crippen LogP contribution is 2.28. The highest BCUT2D eigenvalue weighted by atomic mass is 16.5. The highest BCUT2D eigenvalue weighted by Gasteiger charge is 2.33. The summed E-state index contributed by atoms with van der Waals surface area (Å²) in [6.07, 6.45) is 4.88. The van der Waals surface area contributed by atoms with E-state index in [0.717, 1.165) is 25.6 Å². The van der Waals surface area contributed by atoms with Gasteiger partial charge in [-0.25, -0.2) is 0 Å². The van der Waals surface area contributed by atoms with Gasteiger partial charge in [0.15, 0.2) is 0 Å². The molecule has 2 fully saturated rings. The molecule has 0 aromatic heterocycles. The quantitative estimate of drug-likeness (QED) is 0.735. The standard InChI is InChI=1S/C13H26N2O2/c1-17-10-12(16)9-15-7-3-5-13(15)11-4-2-6-14-8-11/h11-14,16H,2-10H2,1H3. The molecule has 0 radical (unpaired) electrons. The van der Waals surface area contributed by atoms with Crippen molar-refractivity contribution in [2.75, 3.05) is 39.9 Å². The second-order valence-corrected chi connectivity index (χ2v) is 5.42. The first-order valence-electron chi connectivity index (χ1n) is 6.93. The molecule has 2 aliphatic rings. The summed E-state index contributed by atoms with van der Waals surface area (Å²) in [5.74, 6) is 0.779. The summed E-state index contributed by atoms with van der Waals surface area (Å²) in [5, 5.41) is 13.3. The maximum Gasteiger partial charge on any atom is 0.0900 e. The minimum absolute atomic E-state index is 0.336. The van der Waals surface area contributed by atoms with Crippen LogP contribution < -0.4 is 5.32 Å². The number of aliphatic hydroxyl groups excluding tert-OH is 1. The average molecular weight is 242 g/mol. The Kier molecular flexibility index (Phi) is 5.22. The SMILES string of the molecule is COCC(O)CN1CCCC1C1CCCNC1. The van der Waals surface area contributed by atoms with Gasteiger partial charge in [-0.15, -0.1) is 0 Å². The molecule has 0 spiro atoms. The number of likely N-dealkylation sites (tertiary alicyclic amines) is 1. The summed E-state index contributed by atoms with van der Waals surface area (Å²) in [6, 6.07) is 0.675. The maximum atomic E-state index is 9.84. The molecule has 4 nitrogen and oxygen atoms in total. The van der Waals surface area contributed by atoms with Crippen molar-refractivity contribution in [2.24, 2.45) is 5.92 Å². The Morgan fingerprint density at radius 2 is 2.29 bits per heavy atom. The van der Waals surface area contributed by atoms with Gasteiger partial charge in [-0.3, -0.25) is 4.90 Å². The lowest BCUT2D eigenvalue weighted by atomic mass is 9.90. The number of hydrogen-bond donors (Lipinski definition) is 2. The molecule has 4 heteroatoms. The Bertz CT molecular complexity index is 219. The third-order valence-electron chi connectivity index (χ3n) is 4.10. The molecule has 3 atom stereocenters. The largest absolute Gasteiger partial charge is 0.389 e. The minimum atomic E-state index is -0.336. The number of hydrogen-bond acceptors (Lipinski definition) is 4. The molecule has 2 aliphatic heterocycles. The summed E-state index contributed by atoms with van der Waals surface area (Å²) >= 11 is 0. The van der Waals surface area contributed by atoms with Crippen molar-refractivity contribution in [3.8, 4) is 0 Å². The first-order valence-corrected chi connectivity index (χ1v) is 6.93. The molecule has 2 rings (SSSR count). The lowest BCUT2D eigenvalue weighted by Gasteiger charge is -2.35. The molecular formula is C13H26N2O2. The van der Waals surface area contributed by atoms with Crippen LogP contribution in [-0.4, -0.2) is 62.0 Å². The van der Waals surface area contributed by atoms with Crippen LogP contribution in [0.15, 0.2) is 0 Å². The van der Waals surface area contributed by atoms with E-state index in [2.05, 4.69) is 10.2 Å². The van der Waals surface area contributed by atoms with Crippen LogP contribution in [0.3, 0.4) is 0 Å². The van der Waals surface area contributed by atoms with Crippen molar-refractivity contribution < 1.29 is 9.84 Å². The molecule has 17 heavy (non-hydrogen) atoms. The zero-order chi connectivity index (χ0) is 12.1. The van der Waals surface area contributed by atoms with Crippen molar-refractivity contribution >= 4 is 0 Å². The van der Waals surface area contributed by atoms with Gasteiger partial charge in [0.2, 0.25) is 0 Å². The van der Waals surface area contributed by atoms with Gasteiger partial charge in [0.25, 0.3) is 0 Å². The number of rotatable bonds is 5. The topological polar surface area (TPSA) is 44.7 Å². The van der Waals surface area contributed by atoms with E-state index in [-0.39, 0.29) is 6.10 Å². The van der Waals surface area contributed by atoms with E-state index in [1.807, 2.05) is 0 Å². The number of aliphatic hydroxyl groups is 1. The Hall–Kier alpha value is -0.160. The fraction of sp³-hybridized carbons (Fsp3) is 1.00. The molecule has 0 aliphatic carbocycles. The highest BCUT2D eigenvalue weighted by molar-refractivity contribution is 4.88. The molecule has 0 saturated carbocycles. The predicted molar refractivity (Wildman–Crippen MR) is 68.1 cm³/mol. The van der Waals surface area contributed by atoms with Crippen molar-refractivity contribution in [3.63, 3.8) is 0 Å². The Morgan fingerprint density at radius 3 is 3.00 bits per heavy atom. The number of ether oxygens (including phenoxy) is 1. The van der Waals surface area contributed by atoms with Crippen molar-refractivity contribution in [3.05, 3.63) is 0 Å². The number of β-amino-alcohol motifs (C(OH)–C–C–N with tert-alkyl or cyclic N) is 1. The minimum Gasteiger partial charge on any atom is -0.389 e. The van der Waals surface area contributed by atoms with Gasteiger partial charge in [-0.05, 0) is 51.2 Å². The second-order valence-electron chi connectivity index (χ2n) is 5.42. The van der Waals surface area contributed by atoms with Gasteiger partial charge in [-0.1, -0.05) is 0 Å². The summed E-state index contributed by atoms with van der Waals surface area (Å²) in [5.41, 5.74) is 0. The smallest absolute Gasteiger partial charge is 0.0900 e. The van der Waals surface area contributed by atoms with E-state index >= 15 is 0 Å². The van der Waals surface area contributed by atoms with Gasteiger partial charge < -0.3 is 15.2 Å². The third-order valence-corrected chi connectivity index (χ3v) is 4.10. The lowest BCUT2D eigenvalue weighted by molar-refractivity contribution is 0.0267. The Morgan fingerprint density at radius 1 is 1.41 bits per heavy atom. The van der Waals surface area contributed by atoms with E-state index in [1.165, 1.54) is 32.2 Å². The van der Waals surface area contributed by atoms with Crippen LogP contribution in [0, 0.1) is 5.92 Å².